The molecule has 2 aromatic rings. The molecule has 0 saturated carbocycles. The summed E-state index contributed by atoms with van der Waals surface area (Å²) in [5, 5.41) is 6.03. The highest BCUT2D eigenvalue weighted by molar-refractivity contribution is 7.15. The standard InChI is InChI=1S/C18H23N3O2S/c1-11(2)16(20-13(4)22)17(23)21-18-19-10-15(24-18)9-14-7-5-6-12(3)8-14/h5-8,10-11,16H,9H2,1-4H3,(H,20,22)(H,19,21,23). The molecule has 0 radical (unpaired) electrons. The molecule has 1 aromatic heterocycles. The predicted octanol–water partition coefficient (Wildman–Crippen LogP) is 3.14. The summed E-state index contributed by atoms with van der Waals surface area (Å²) < 4.78 is 0. The number of anilines is 1. The second kappa shape index (κ2) is 8.06. The Morgan fingerprint density at radius 3 is 2.67 bits per heavy atom. The van der Waals surface area contributed by atoms with Crippen molar-refractivity contribution in [3.05, 3.63) is 46.5 Å². The molecule has 0 aliphatic carbocycles. The lowest BCUT2D eigenvalue weighted by atomic mass is 10.0. The molecule has 5 nitrogen and oxygen atoms in total. The molecule has 1 heterocycles. The second-order valence-electron chi connectivity index (χ2n) is 6.21. The Morgan fingerprint density at radius 2 is 2.04 bits per heavy atom. The summed E-state index contributed by atoms with van der Waals surface area (Å²) in [6.45, 7) is 7.26. The molecule has 0 bridgehead atoms. The van der Waals surface area contributed by atoms with Gasteiger partial charge in [-0.2, -0.15) is 0 Å². The van der Waals surface area contributed by atoms with Crippen molar-refractivity contribution in [2.45, 2.75) is 40.2 Å². The summed E-state index contributed by atoms with van der Waals surface area (Å²) in [5.41, 5.74) is 2.44. The van der Waals surface area contributed by atoms with Gasteiger partial charge >= 0.3 is 0 Å². The van der Waals surface area contributed by atoms with Gasteiger partial charge in [-0.25, -0.2) is 4.98 Å². The lowest BCUT2D eigenvalue weighted by Gasteiger charge is -2.20. The molecule has 0 aliphatic rings. The number of hydrogen-bond acceptors (Lipinski definition) is 4. The van der Waals surface area contributed by atoms with Crippen molar-refractivity contribution in [1.82, 2.24) is 10.3 Å². The molecule has 0 saturated heterocycles. The van der Waals surface area contributed by atoms with E-state index in [0.717, 1.165) is 11.3 Å². The number of rotatable bonds is 6. The number of aromatic nitrogens is 1. The third-order valence-corrected chi connectivity index (χ3v) is 4.47. The minimum absolute atomic E-state index is 0.000580. The van der Waals surface area contributed by atoms with Crippen LogP contribution in [0.15, 0.2) is 30.5 Å². The maximum Gasteiger partial charge on any atom is 0.248 e. The highest BCUT2D eigenvalue weighted by Crippen LogP contribution is 2.22. The number of benzene rings is 1. The minimum atomic E-state index is -0.563. The first-order valence-electron chi connectivity index (χ1n) is 7.93. The van der Waals surface area contributed by atoms with Crippen molar-refractivity contribution in [1.29, 1.82) is 0 Å². The largest absolute Gasteiger partial charge is 0.344 e. The second-order valence-corrected chi connectivity index (χ2v) is 7.32. The SMILES string of the molecule is CC(=O)NC(C(=O)Nc1ncc(Cc2cccc(C)c2)s1)C(C)C. The van der Waals surface area contributed by atoms with E-state index in [1.807, 2.05) is 19.9 Å². The number of aryl methyl sites for hydroxylation is 1. The first kappa shape index (κ1) is 18.1. The van der Waals surface area contributed by atoms with Crippen LogP contribution >= 0.6 is 11.3 Å². The van der Waals surface area contributed by atoms with Gasteiger partial charge in [0, 0.05) is 24.4 Å². The van der Waals surface area contributed by atoms with Crippen molar-refractivity contribution in [3.63, 3.8) is 0 Å². The van der Waals surface area contributed by atoms with Crippen LogP contribution in [0.2, 0.25) is 0 Å². The molecule has 1 atom stereocenters. The number of nitrogens with zero attached hydrogens (tertiary/aromatic N) is 1. The van der Waals surface area contributed by atoms with Gasteiger partial charge in [0.2, 0.25) is 11.8 Å². The lowest BCUT2D eigenvalue weighted by Crippen LogP contribution is -2.46. The molecular weight excluding hydrogens is 322 g/mol. The molecule has 2 rings (SSSR count). The first-order valence-corrected chi connectivity index (χ1v) is 8.75. The first-order chi connectivity index (χ1) is 11.3. The molecular formula is C18H23N3O2S. The quantitative estimate of drug-likeness (QED) is 0.845. The molecule has 0 aliphatic heterocycles. The van der Waals surface area contributed by atoms with Gasteiger partial charge < -0.3 is 10.6 Å². The van der Waals surface area contributed by atoms with Crippen LogP contribution in [0, 0.1) is 12.8 Å². The Morgan fingerprint density at radius 1 is 1.29 bits per heavy atom. The van der Waals surface area contributed by atoms with Gasteiger partial charge in [-0.1, -0.05) is 43.7 Å². The zero-order valence-electron chi connectivity index (χ0n) is 14.4. The molecule has 128 valence electrons. The van der Waals surface area contributed by atoms with Gasteiger partial charge in [-0.15, -0.1) is 11.3 Å². The van der Waals surface area contributed by atoms with Crippen molar-refractivity contribution in [2.75, 3.05) is 5.32 Å². The average Bonchev–Trinajstić information content (AvgIpc) is 2.91. The van der Waals surface area contributed by atoms with Crippen molar-refractivity contribution in [2.24, 2.45) is 5.92 Å². The Kier molecular flexibility index (Phi) is 6.09. The van der Waals surface area contributed by atoms with Crippen molar-refractivity contribution >= 4 is 28.3 Å². The molecule has 0 fully saturated rings. The van der Waals surface area contributed by atoms with E-state index in [1.54, 1.807) is 6.20 Å². The number of carbonyl (C=O) groups excluding carboxylic acids is 2. The van der Waals surface area contributed by atoms with Gasteiger partial charge in [-0.05, 0) is 18.4 Å². The summed E-state index contributed by atoms with van der Waals surface area (Å²) in [6.07, 6.45) is 2.57. The van der Waals surface area contributed by atoms with E-state index >= 15 is 0 Å². The van der Waals surface area contributed by atoms with Crippen LogP contribution in [0.5, 0.6) is 0 Å². The fourth-order valence-electron chi connectivity index (χ4n) is 2.41. The highest BCUT2D eigenvalue weighted by atomic mass is 32.1. The average molecular weight is 345 g/mol. The number of nitrogens with one attached hydrogen (secondary N) is 2. The van der Waals surface area contributed by atoms with Gasteiger partial charge in [0.05, 0.1) is 0 Å². The van der Waals surface area contributed by atoms with Crippen molar-refractivity contribution in [3.8, 4) is 0 Å². The summed E-state index contributed by atoms with van der Waals surface area (Å²) in [4.78, 5) is 28.9. The predicted molar refractivity (Wildman–Crippen MR) is 97.2 cm³/mol. The summed E-state index contributed by atoms with van der Waals surface area (Å²) in [6, 6.07) is 7.76. The van der Waals surface area contributed by atoms with Gasteiger partial charge in [0.1, 0.15) is 6.04 Å². The van der Waals surface area contributed by atoms with Crippen LogP contribution in [0.4, 0.5) is 5.13 Å². The Balaban J connectivity index is 2.02. The van der Waals surface area contributed by atoms with Gasteiger partial charge in [-0.3, -0.25) is 9.59 Å². The molecule has 2 amide bonds. The Bertz CT molecular complexity index is 725. The van der Waals surface area contributed by atoms with E-state index in [4.69, 9.17) is 0 Å². The van der Waals surface area contributed by atoms with Gasteiger partial charge in [0.25, 0.3) is 0 Å². The van der Waals surface area contributed by atoms with Crippen molar-refractivity contribution < 1.29 is 9.59 Å². The highest BCUT2D eigenvalue weighted by Gasteiger charge is 2.23. The van der Waals surface area contributed by atoms with E-state index in [1.165, 1.54) is 29.4 Å². The van der Waals surface area contributed by atoms with Crippen LogP contribution in [0.3, 0.4) is 0 Å². The third kappa shape index (κ3) is 5.16. The Hall–Kier alpha value is -2.21. The van der Waals surface area contributed by atoms with Gasteiger partial charge in [0.15, 0.2) is 5.13 Å². The van der Waals surface area contributed by atoms with Crippen LogP contribution in [-0.4, -0.2) is 22.8 Å². The molecule has 2 N–H and O–H groups in total. The number of hydrogen-bond donors (Lipinski definition) is 2. The fraction of sp³-hybridized carbons (Fsp3) is 0.389. The normalized spacial score (nSPS) is 12.0. The molecule has 1 aromatic carbocycles. The summed E-state index contributed by atoms with van der Waals surface area (Å²) in [7, 11) is 0. The Labute approximate surface area is 146 Å². The molecule has 1 unspecified atom stereocenters. The fourth-order valence-corrected chi connectivity index (χ4v) is 3.26. The lowest BCUT2D eigenvalue weighted by molar-refractivity contribution is -0.126. The van der Waals surface area contributed by atoms with Crippen LogP contribution in [0.1, 0.15) is 36.8 Å². The van der Waals surface area contributed by atoms with E-state index < -0.39 is 6.04 Å². The number of thiazole rings is 1. The van der Waals surface area contributed by atoms with E-state index in [-0.39, 0.29) is 17.7 Å². The molecule has 6 heteroatoms. The smallest absolute Gasteiger partial charge is 0.248 e. The minimum Gasteiger partial charge on any atom is -0.344 e. The topological polar surface area (TPSA) is 71.1 Å². The number of amides is 2. The number of carbonyl (C=O) groups is 2. The molecule has 24 heavy (non-hydrogen) atoms. The van der Waals surface area contributed by atoms with E-state index in [9.17, 15) is 9.59 Å². The third-order valence-electron chi connectivity index (χ3n) is 3.55. The van der Waals surface area contributed by atoms with Crippen LogP contribution in [0.25, 0.3) is 0 Å². The summed E-state index contributed by atoms with van der Waals surface area (Å²) >= 11 is 1.45. The maximum absolute atomic E-state index is 12.3. The van der Waals surface area contributed by atoms with Crippen LogP contribution < -0.4 is 10.6 Å². The zero-order valence-corrected chi connectivity index (χ0v) is 15.2. The molecule has 0 spiro atoms. The monoisotopic (exact) mass is 345 g/mol. The van der Waals surface area contributed by atoms with E-state index in [0.29, 0.717) is 5.13 Å². The van der Waals surface area contributed by atoms with E-state index in [2.05, 4.69) is 40.7 Å². The van der Waals surface area contributed by atoms with Crippen LogP contribution in [-0.2, 0) is 16.0 Å². The maximum atomic E-state index is 12.3. The zero-order chi connectivity index (χ0) is 17.7. The summed E-state index contributed by atoms with van der Waals surface area (Å²) in [5.74, 6) is -0.458.